The van der Waals surface area contributed by atoms with Crippen molar-refractivity contribution in [2.24, 2.45) is 0 Å². The van der Waals surface area contributed by atoms with Gasteiger partial charge in [0.25, 0.3) is 0 Å². The van der Waals surface area contributed by atoms with Crippen LogP contribution in [0.4, 0.5) is 0 Å². The van der Waals surface area contributed by atoms with Gasteiger partial charge < -0.3 is 9.47 Å². The summed E-state index contributed by atoms with van der Waals surface area (Å²) in [6.07, 6.45) is 6.06. The second-order valence-electron chi connectivity index (χ2n) is 6.11. The van der Waals surface area contributed by atoms with Crippen LogP contribution in [0.2, 0.25) is 0 Å². The highest BCUT2D eigenvalue weighted by Crippen LogP contribution is 2.26. The maximum Gasteiger partial charge on any atom is 0.184 e. The average molecular weight is 306 g/mol. The number of ether oxygens (including phenoxy) is 2. The molecule has 0 atom stereocenters. The second kappa shape index (κ2) is 8.02. The number of rotatable bonds is 4. The van der Waals surface area contributed by atoms with Gasteiger partial charge in [-0.25, -0.2) is 0 Å². The summed E-state index contributed by atoms with van der Waals surface area (Å²) in [5.41, 5.74) is 2.00. The molecule has 3 fully saturated rings. The lowest BCUT2D eigenvalue weighted by molar-refractivity contribution is -0.111. The van der Waals surface area contributed by atoms with Gasteiger partial charge in [-0.15, -0.1) is 0 Å². The van der Waals surface area contributed by atoms with E-state index in [1.165, 1.54) is 0 Å². The largest absolute Gasteiger partial charge is 0.379 e. The van der Waals surface area contributed by atoms with Crippen LogP contribution in [-0.4, -0.2) is 81.3 Å². The molecule has 0 radical (unpaired) electrons. The molecule has 122 valence electrons. The average Bonchev–Trinajstić information content (AvgIpc) is 2.93. The number of ketones is 1. The van der Waals surface area contributed by atoms with Crippen LogP contribution in [-0.2, 0) is 14.3 Å². The fourth-order valence-electron chi connectivity index (χ4n) is 3.14. The molecule has 0 amide bonds. The molecule has 0 aromatic heterocycles. The topological polar surface area (TPSA) is 42.0 Å². The molecule has 0 N–H and O–H groups in total. The highest BCUT2D eigenvalue weighted by Gasteiger charge is 2.23. The fourth-order valence-corrected chi connectivity index (χ4v) is 3.14. The lowest BCUT2D eigenvalue weighted by atomic mass is 10.1. The van der Waals surface area contributed by atoms with Gasteiger partial charge in [0.15, 0.2) is 5.78 Å². The zero-order valence-electron chi connectivity index (χ0n) is 13.3. The van der Waals surface area contributed by atoms with Crippen molar-refractivity contribution in [3.63, 3.8) is 0 Å². The lowest BCUT2D eigenvalue weighted by Gasteiger charge is -2.25. The van der Waals surface area contributed by atoms with Crippen LogP contribution in [0.3, 0.4) is 0 Å². The summed E-state index contributed by atoms with van der Waals surface area (Å²) in [5, 5.41) is 0. The zero-order valence-corrected chi connectivity index (χ0v) is 13.3. The molecule has 2 saturated heterocycles. The first kappa shape index (κ1) is 15.9. The molecule has 0 bridgehead atoms. The first-order valence-electron chi connectivity index (χ1n) is 8.36. The van der Waals surface area contributed by atoms with E-state index in [1.54, 1.807) is 0 Å². The summed E-state index contributed by atoms with van der Waals surface area (Å²) in [5.74, 6) is 0.265. The Bertz CT molecular complexity index is 407. The van der Waals surface area contributed by atoms with E-state index in [1.807, 2.05) is 0 Å². The third-order valence-corrected chi connectivity index (χ3v) is 4.65. The molecule has 3 rings (SSSR count). The molecule has 2 aliphatic heterocycles. The summed E-state index contributed by atoms with van der Waals surface area (Å²) in [4.78, 5) is 17.1. The Balaban J connectivity index is 1.50. The Kier molecular flexibility index (Phi) is 5.78. The maximum atomic E-state index is 12.4. The van der Waals surface area contributed by atoms with E-state index in [4.69, 9.17) is 9.47 Å². The number of morpholine rings is 2. The van der Waals surface area contributed by atoms with Crippen molar-refractivity contribution in [1.29, 1.82) is 0 Å². The summed E-state index contributed by atoms with van der Waals surface area (Å²) in [6.45, 7) is 8.86. The van der Waals surface area contributed by atoms with Gasteiger partial charge in [-0.05, 0) is 24.0 Å². The molecule has 2 heterocycles. The summed E-state index contributed by atoms with van der Waals surface area (Å²) < 4.78 is 10.7. The predicted molar refractivity (Wildman–Crippen MR) is 84.9 cm³/mol. The molecule has 0 aromatic carbocycles. The second-order valence-corrected chi connectivity index (χ2v) is 6.11. The molecule has 0 aromatic rings. The van der Waals surface area contributed by atoms with Crippen molar-refractivity contribution in [2.75, 3.05) is 65.7 Å². The van der Waals surface area contributed by atoms with Crippen LogP contribution in [0.15, 0.2) is 23.3 Å². The van der Waals surface area contributed by atoms with E-state index < -0.39 is 0 Å². The standard InChI is InChI=1S/C17H26N2O3/c20-17-15(3-5-18-7-11-21-12-8-18)1-2-16(17)4-6-19-9-13-22-14-10-19/h3-4H,1-2,5-14H2. The molecule has 1 saturated carbocycles. The fraction of sp³-hybridized carbons (Fsp3) is 0.706. The molecule has 5 heteroatoms. The van der Waals surface area contributed by atoms with Crippen LogP contribution in [0.5, 0.6) is 0 Å². The molecule has 0 unspecified atom stereocenters. The molecule has 0 spiro atoms. The van der Waals surface area contributed by atoms with Crippen LogP contribution in [0, 0.1) is 0 Å². The van der Waals surface area contributed by atoms with Crippen LogP contribution < -0.4 is 0 Å². The van der Waals surface area contributed by atoms with E-state index in [-0.39, 0.29) is 5.78 Å². The van der Waals surface area contributed by atoms with E-state index >= 15 is 0 Å². The third kappa shape index (κ3) is 4.26. The van der Waals surface area contributed by atoms with Gasteiger partial charge in [0, 0.05) is 39.3 Å². The molecule has 3 aliphatic rings. The van der Waals surface area contributed by atoms with Crippen molar-refractivity contribution in [1.82, 2.24) is 9.80 Å². The minimum Gasteiger partial charge on any atom is -0.379 e. The van der Waals surface area contributed by atoms with Gasteiger partial charge in [-0.1, -0.05) is 12.2 Å². The van der Waals surface area contributed by atoms with Gasteiger partial charge in [-0.3, -0.25) is 14.6 Å². The summed E-state index contributed by atoms with van der Waals surface area (Å²) >= 11 is 0. The highest BCUT2D eigenvalue weighted by molar-refractivity contribution is 6.10. The van der Waals surface area contributed by atoms with E-state index in [0.717, 1.165) is 89.7 Å². The number of hydrogen-bond acceptors (Lipinski definition) is 5. The van der Waals surface area contributed by atoms with Crippen molar-refractivity contribution >= 4 is 5.78 Å². The highest BCUT2D eigenvalue weighted by atomic mass is 16.5. The molecule has 1 aliphatic carbocycles. The van der Waals surface area contributed by atoms with E-state index in [9.17, 15) is 4.79 Å². The van der Waals surface area contributed by atoms with Gasteiger partial charge >= 0.3 is 0 Å². The molecule has 5 nitrogen and oxygen atoms in total. The van der Waals surface area contributed by atoms with Crippen molar-refractivity contribution in [3.05, 3.63) is 23.3 Å². The smallest absolute Gasteiger partial charge is 0.184 e. The Morgan fingerprint density at radius 3 is 1.59 bits per heavy atom. The molecule has 22 heavy (non-hydrogen) atoms. The summed E-state index contributed by atoms with van der Waals surface area (Å²) in [7, 11) is 0. The molecular formula is C17H26N2O3. The van der Waals surface area contributed by atoms with Crippen molar-refractivity contribution in [3.8, 4) is 0 Å². The number of hydrogen-bond donors (Lipinski definition) is 0. The lowest BCUT2D eigenvalue weighted by Crippen LogP contribution is -2.36. The normalized spacial score (nSPS) is 28.8. The van der Waals surface area contributed by atoms with Gasteiger partial charge in [-0.2, -0.15) is 0 Å². The minimum atomic E-state index is 0.265. The Morgan fingerprint density at radius 2 is 1.18 bits per heavy atom. The van der Waals surface area contributed by atoms with Gasteiger partial charge in [0.2, 0.25) is 0 Å². The number of Topliss-reactive ketones (excluding diaryl/α,β-unsaturated/α-hetero) is 1. The number of nitrogens with zero attached hydrogens (tertiary/aromatic N) is 2. The summed E-state index contributed by atoms with van der Waals surface area (Å²) in [6, 6.07) is 0. The first-order valence-corrected chi connectivity index (χ1v) is 8.36. The van der Waals surface area contributed by atoms with Crippen molar-refractivity contribution < 1.29 is 14.3 Å². The molecular weight excluding hydrogens is 280 g/mol. The van der Waals surface area contributed by atoms with Crippen LogP contribution >= 0.6 is 0 Å². The van der Waals surface area contributed by atoms with E-state index in [0.29, 0.717) is 0 Å². The van der Waals surface area contributed by atoms with Gasteiger partial charge in [0.05, 0.1) is 26.4 Å². The third-order valence-electron chi connectivity index (χ3n) is 4.65. The quantitative estimate of drug-likeness (QED) is 0.721. The number of carbonyl (C=O) groups excluding carboxylic acids is 1. The Hall–Kier alpha value is -1.01. The van der Waals surface area contributed by atoms with Crippen LogP contribution in [0.1, 0.15) is 12.8 Å². The minimum absolute atomic E-state index is 0.265. The first-order chi connectivity index (χ1) is 10.8. The predicted octanol–water partition coefficient (Wildman–Crippen LogP) is 0.867. The zero-order chi connectivity index (χ0) is 15.2. The maximum absolute atomic E-state index is 12.4. The van der Waals surface area contributed by atoms with Gasteiger partial charge in [0.1, 0.15) is 0 Å². The Morgan fingerprint density at radius 1 is 0.773 bits per heavy atom. The number of allylic oxidation sites excluding steroid dienone is 2. The Labute approximate surface area is 132 Å². The van der Waals surface area contributed by atoms with Crippen LogP contribution in [0.25, 0.3) is 0 Å². The monoisotopic (exact) mass is 306 g/mol. The van der Waals surface area contributed by atoms with Crippen molar-refractivity contribution in [2.45, 2.75) is 12.8 Å². The SMILES string of the molecule is O=C1C(=CCN2CCOCC2)CCC1=CCN1CCOCC1. The number of carbonyl (C=O) groups is 1. The van der Waals surface area contributed by atoms with E-state index in [2.05, 4.69) is 22.0 Å².